The molecule has 0 rings (SSSR count). The van der Waals surface area contributed by atoms with Crippen LogP contribution in [0.5, 0.6) is 0 Å². The highest BCUT2D eigenvalue weighted by Crippen LogP contribution is 2.15. The third-order valence-electron chi connectivity index (χ3n) is 7.37. The molecule has 0 saturated carbocycles. The molecule has 182 valence electrons. The highest BCUT2D eigenvalue weighted by Gasteiger charge is 2.17. The van der Waals surface area contributed by atoms with Crippen molar-refractivity contribution in [2.45, 2.75) is 162 Å². The van der Waals surface area contributed by atoms with Crippen molar-refractivity contribution in [2.24, 2.45) is 0 Å². The first-order valence-electron chi connectivity index (χ1n) is 14.5. The molecule has 0 aromatic heterocycles. The molecule has 0 N–H and O–H groups in total. The summed E-state index contributed by atoms with van der Waals surface area (Å²) in [5.74, 6) is 0. The molecular weight excluding hydrogens is 362 g/mol. The fourth-order valence-electron chi connectivity index (χ4n) is 4.74. The molecule has 0 aromatic rings. The van der Waals surface area contributed by atoms with Gasteiger partial charge in [0.1, 0.15) is 0 Å². The fourth-order valence-corrected chi connectivity index (χ4v) is 4.74. The summed E-state index contributed by atoms with van der Waals surface area (Å²) in [6.07, 6.45) is 32.0. The minimum atomic E-state index is 1.31. The highest BCUT2D eigenvalue weighted by molar-refractivity contribution is 4.51. The third kappa shape index (κ3) is 21.2. The van der Waals surface area contributed by atoms with Gasteiger partial charge in [0, 0.05) is 0 Å². The third-order valence-corrected chi connectivity index (χ3v) is 7.37. The molecule has 1 atom stereocenters. The Morgan fingerprint density at radius 1 is 0.333 bits per heavy atom. The first-order chi connectivity index (χ1) is 14.7. The zero-order valence-electron chi connectivity index (χ0n) is 22.1. The van der Waals surface area contributed by atoms with E-state index in [-0.39, 0.29) is 0 Å². The number of quaternary nitrogens is 1. The topological polar surface area (TPSA) is 0 Å². The van der Waals surface area contributed by atoms with Crippen LogP contribution < -0.4 is 0 Å². The molecule has 0 aromatic carbocycles. The van der Waals surface area contributed by atoms with Gasteiger partial charge in [-0.15, -0.1) is 0 Å². The van der Waals surface area contributed by atoms with Crippen LogP contribution >= 0.6 is 0 Å². The molecule has 0 spiro atoms. The molecular formula is C29H62N+. The van der Waals surface area contributed by atoms with Crippen molar-refractivity contribution in [2.75, 3.05) is 26.7 Å². The largest absolute Gasteiger partial charge is 0.326 e. The van der Waals surface area contributed by atoms with Gasteiger partial charge in [-0.05, 0) is 32.6 Å². The number of nitrogens with zero attached hydrogens (tertiary/aromatic N) is 1. The summed E-state index contributed by atoms with van der Waals surface area (Å²) < 4.78 is 1.31. The Hall–Kier alpha value is -0.0400. The van der Waals surface area contributed by atoms with Crippen molar-refractivity contribution >= 4 is 0 Å². The summed E-state index contributed by atoms with van der Waals surface area (Å²) in [5, 5.41) is 0. The lowest BCUT2D eigenvalue weighted by Gasteiger charge is -2.33. The molecule has 0 bridgehead atoms. The zero-order chi connectivity index (χ0) is 22.2. The lowest BCUT2D eigenvalue weighted by Crippen LogP contribution is -2.45. The van der Waals surface area contributed by atoms with Gasteiger partial charge in [0.2, 0.25) is 0 Å². The predicted molar refractivity (Wildman–Crippen MR) is 139 cm³/mol. The van der Waals surface area contributed by atoms with Gasteiger partial charge >= 0.3 is 0 Å². The maximum absolute atomic E-state index is 2.50. The van der Waals surface area contributed by atoms with Gasteiger partial charge in [-0.3, -0.25) is 0 Å². The van der Waals surface area contributed by atoms with Gasteiger partial charge in [-0.2, -0.15) is 0 Å². The van der Waals surface area contributed by atoms with Crippen LogP contribution in [0.2, 0.25) is 0 Å². The Morgan fingerprint density at radius 2 is 0.567 bits per heavy atom. The van der Waals surface area contributed by atoms with E-state index in [0.717, 1.165) is 0 Å². The van der Waals surface area contributed by atoms with Crippen molar-refractivity contribution in [1.29, 1.82) is 0 Å². The summed E-state index contributed by atoms with van der Waals surface area (Å²) in [6.45, 7) is 11.1. The van der Waals surface area contributed by atoms with Crippen molar-refractivity contribution in [3.8, 4) is 0 Å². The first-order valence-corrected chi connectivity index (χ1v) is 14.5. The molecule has 1 unspecified atom stereocenters. The van der Waals surface area contributed by atoms with E-state index in [4.69, 9.17) is 0 Å². The molecule has 0 amide bonds. The summed E-state index contributed by atoms with van der Waals surface area (Å²) in [4.78, 5) is 0. The average Bonchev–Trinajstić information content (AvgIpc) is 2.76. The quantitative estimate of drug-likeness (QED) is 0.101. The SMILES string of the molecule is CCCCCCCCCCCCCCCC[N+](C)(CC)CCCCCCCCCC. The van der Waals surface area contributed by atoms with Crippen molar-refractivity contribution in [3.05, 3.63) is 0 Å². The predicted octanol–water partition coefficient (Wildman–Crippen LogP) is 10.1. The Balaban J connectivity index is 3.42. The smallest absolute Gasteiger partial charge is 0.0784 e. The number of unbranched alkanes of at least 4 members (excludes halogenated alkanes) is 20. The van der Waals surface area contributed by atoms with Gasteiger partial charge in [-0.25, -0.2) is 0 Å². The average molecular weight is 425 g/mol. The maximum atomic E-state index is 2.50. The van der Waals surface area contributed by atoms with Crippen molar-refractivity contribution < 1.29 is 4.48 Å². The summed E-state index contributed by atoms with van der Waals surface area (Å²) >= 11 is 0. The van der Waals surface area contributed by atoms with Crippen LogP contribution in [0.1, 0.15) is 162 Å². The van der Waals surface area contributed by atoms with Crippen LogP contribution in [0, 0.1) is 0 Å². The Morgan fingerprint density at radius 3 is 0.800 bits per heavy atom. The van der Waals surface area contributed by atoms with Crippen LogP contribution in [0.3, 0.4) is 0 Å². The second-order valence-corrected chi connectivity index (χ2v) is 10.5. The van der Waals surface area contributed by atoms with E-state index >= 15 is 0 Å². The number of rotatable bonds is 25. The molecule has 0 radical (unpaired) electrons. The van der Waals surface area contributed by atoms with Crippen LogP contribution in [0.4, 0.5) is 0 Å². The molecule has 0 aliphatic carbocycles. The molecule has 1 nitrogen and oxygen atoms in total. The minimum absolute atomic E-state index is 1.31. The summed E-state index contributed by atoms with van der Waals surface area (Å²) in [5.41, 5.74) is 0. The molecule has 0 saturated heterocycles. The Bertz CT molecular complexity index is 313. The summed E-state index contributed by atoms with van der Waals surface area (Å²) in [7, 11) is 2.50. The van der Waals surface area contributed by atoms with Crippen molar-refractivity contribution in [1.82, 2.24) is 0 Å². The Kier molecular flexibility index (Phi) is 23.6. The van der Waals surface area contributed by atoms with E-state index in [2.05, 4.69) is 27.8 Å². The van der Waals surface area contributed by atoms with Crippen molar-refractivity contribution in [3.63, 3.8) is 0 Å². The van der Waals surface area contributed by atoms with Gasteiger partial charge in [0.15, 0.2) is 0 Å². The lowest BCUT2D eigenvalue weighted by molar-refractivity contribution is -0.908. The van der Waals surface area contributed by atoms with Gasteiger partial charge in [0.25, 0.3) is 0 Å². The van der Waals surface area contributed by atoms with Crippen LogP contribution in [0.15, 0.2) is 0 Å². The minimum Gasteiger partial charge on any atom is -0.326 e. The van der Waals surface area contributed by atoms with E-state index in [0.29, 0.717) is 0 Å². The van der Waals surface area contributed by atoms with E-state index < -0.39 is 0 Å². The van der Waals surface area contributed by atoms with Crippen LogP contribution in [-0.2, 0) is 0 Å². The molecule has 0 aliphatic rings. The highest BCUT2D eigenvalue weighted by atomic mass is 15.3. The van der Waals surface area contributed by atoms with E-state index in [1.807, 2.05) is 0 Å². The van der Waals surface area contributed by atoms with Crippen LogP contribution in [-0.4, -0.2) is 31.2 Å². The second kappa shape index (κ2) is 23.6. The molecule has 30 heavy (non-hydrogen) atoms. The maximum Gasteiger partial charge on any atom is 0.0784 e. The van der Waals surface area contributed by atoms with Gasteiger partial charge in [0.05, 0.1) is 26.7 Å². The van der Waals surface area contributed by atoms with E-state index in [1.165, 1.54) is 165 Å². The monoisotopic (exact) mass is 424 g/mol. The molecule has 0 aliphatic heterocycles. The first kappa shape index (κ1) is 30.0. The normalized spacial score (nSPS) is 13.6. The lowest BCUT2D eigenvalue weighted by atomic mass is 10.0. The van der Waals surface area contributed by atoms with Crippen LogP contribution in [0.25, 0.3) is 0 Å². The fraction of sp³-hybridized carbons (Fsp3) is 1.00. The summed E-state index contributed by atoms with van der Waals surface area (Å²) in [6, 6.07) is 0. The van der Waals surface area contributed by atoms with E-state index in [9.17, 15) is 0 Å². The van der Waals surface area contributed by atoms with Gasteiger partial charge < -0.3 is 4.48 Å². The van der Waals surface area contributed by atoms with Gasteiger partial charge in [-0.1, -0.05) is 129 Å². The molecule has 1 heteroatoms. The Labute approximate surface area is 193 Å². The zero-order valence-corrected chi connectivity index (χ0v) is 22.1. The molecule has 0 heterocycles. The van der Waals surface area contributed by atoms with E-state index in [1.54, 1.807) is 0 Å². The molecule has 0 fully saturated rings. The number of hydrogen-bond donors (Lipinski definition) is 0. The second-order valence-electron chi connectivity index (χ2n) is 10.5. The standard InChI is InChI=1S/C29H62N/c1-5-8-10-12-14-16-17-18-19-20-21-23-25-27-29-30(4,7-3)28-26-24-22-15-13-11-9-6-2/h5-29H2,1-4H3/q+1. The number of hydrogen-bond acceptors (Lipinski definition) is 0.